The van der Waals surface area contributed by atoms with Crippen LogP contribution in [0.15, 0.2) is 46.0 Å². The van der Waals surface area contributed by atoms with Gasteiger partial charge in [-0.05, 0) is 87.4 Å². The predicted molar refractivity (Wildman–Crippen MR) is 115 cm³/mol. The van der Waals surface area contributed by atoms with Gasteiger partial charge in [0.1, 0.15) is 0 Å². The first-order valence-corrected chi connectivity index (χ1v) is 9.72. The van der Waals surface area contributed by atoms with E-state index in [-0.39, 0.29) is 12.5 Å². The van der Waals surface area contributed by atoms with Gasteiger partial charge in [0.25, 0.3) is 5.91 Å². The summed E-state index contributed by atoms with van der Waals surface area (Å²) in [5.74, 6) is 0.990. The van der Waals surface area contributed by atoms with Crippen molar-refractivity contribution in [3.8, 4) is 11.5 Å². The molecule has 138 valence electrons. The summed E-state index contributed by atoms with van der Waals surface area (Å²) in [6, 6.07) is 11.4. The highest BCUT2D eigenvalue weighted by atomic mass is 127. The average molecular weight is 532 g/mol. The topological polar surface area (TPSA) is 72.0 Å². The molecule has 0 fully saturated rings. The maximum atomic E-state index is 11.9. The summed E-state index contributed by atoms with van der Waals surface area (Å²) in [4.78, 5) is 11.9. The molecule has 0 aliphatic rings. The monoisotopic (exact) mass is 531 g/mol. The summed E-state index contributed by atoms with van der Waals surface area (Å²) < 4.78 is 12.8. The number of hydrogen-bond donors (Lipinski definition) is 2. The van der Waals surface area contributed by atoms with Gasteiger partial charge in [-0.2, -0.15) is 5.10 Å². The molecule has 0 radical (unpaired) electrons. The van der Waals surface area contributed by atoms with Gasteiger partial charge in [-0.1, -0.05) is 0 Å². The molecule has 0 aliphatic carbocycles. The number of anilines is 1. The van der Waals surface area contributed by atoms with Crippen molar-refractivity contribution in [3.63, 3.8) is 0 Å². The molecule has 6 nitrogen and oxygen atoms in total. The van der Waals surface area contributed by atoms with Crippen molar-refractivity contribution in [3.05, 3.63) is 50.0 Å². The molecule has 1 amide bonds. The molecule has 2 rings (SSSR count). The van der Waals surface area contributed by atoms with E-state index in [0.29, 0.717) is 18.1 Å². The number of halogens is 2. The number of carbonyl (C=O) groups is 1. The van der Waals surface area contributed by atoms with E-state index in [1.807, 2.05) is 37.3 Å². The number of ether oxygens (including phenoxy) is 2. The van der Waals surface area contributed by atoms with E-state index in [2.05, 4.69) is 54.4 Å². The van der Waals surface area contributed by atoms with Crippen LogP contribution in [-0.4, -0.2) is 32.4 Å². The Labute approximate surface area is 174 Å². The number of rotatable bonds is 8. The summed E-state index contributed by atoms with van der Waals surface area (Å²) in [7, 11) is 1.57. The Morgan fingerprint density at radius 1 is 1.31 bits per heavy atom. The molecular weight excluding hydrogens is 513 g/mol. The molecule has 0 saturated carbocycles. The fraction of sp³-hybridized carbons (Fsp3) is 0.222. The van der Waals surface area contributed by atoms with E-state index < -0.39 is 0 Å². The largest absolute Gasteiger partial charge is 0.493 e. The maximum absolute atomic E-state index is 11.9. The molecule has 26 heavy (non-hydrogen) atoms. The summed E-state index contributed by atoms with van der Waals surface area (Å²) in [5, 5.41) is 7.01. The van der Waals surface area contributed by atoms with Gasteiger partial charge < -0.3 is 14.8 Å². The minimum absolute atomic E-state index is 0.133. The van der Waals surface area contributed by atoms with Crippen LogP contribution in [-0.2, 0) is 4.79 Å². The lowest BCUT2D eigenvalue weighted by Crippen LogP contribution is -2.25. The molecule has 0 saturated heterocycles. The Morgan fingerprint density at radius 3 is 2.69 bits per heavy atom. The molecule has 0 heterocycles. The summed E-state index contributed by atoms with van der Waals surface area (Å²) >= 11 is 5.68. The second-order valence-corrected chi connectivity index (χ2v) is 7.22. The van der Waals surface area contributed by atoms with Crippen molar-refractivity contribution in [2.45, 2.75) is 6.92 Å². The Morgan fingerprint density at radius 2 is 2.04 bits per heavy atom. The minimum Gasteiger partial charge on any atom is -0.493 e. The van der Waals surface area contributed by atoms with E-state index in [1.165, 1.54) is 0 Å². The first-order chi connectivity index (χ1) is 12.5. The highest BCUT2D eigenvalue weighted by Crippen LogP contribution is 2.36. The molecule has 0 bridgehead atoms. The molecule has 0 unspecified atom stereocenters. The molecule has 0 aliphatic heterocycles. The van der Waals surface area contributed by atoms with Crippen LogP contribution in [0.25, 0.3) is 0 Å². The predicted octanol–water partition coefficient (Wildman–Crippen LogP) is 4.02. The van der Waals surface area contributed by atoms with Crippen molar-refractivity contribution >= 4 is 56.3 Å². The van der Waals surface area contributed by atoms with Crippen LogP contribution in [0, 0.1) is 3.57 Å². The first kappa shape index (κ1) is 20.5. The second-order valence-electron chi connectivity index (χ2n) is 5.12. The van der Waals surface area contributed by atoms with Crippen molar-refractivity contribution in [2.75, 3.05) is 25.6 Å². The third-order valence-corrected chi connectivity index (χ3v) is 4.55. The Kier molecular flexibility index (Phi) is 8.17. The van der Waals surface area contributed by atoms with Crippen molar-refractivity contribution in [1.82, 2.24) is 5.43 Å². The fourth-order valence-corrected chi connectivity index (χ4v) is 3.00. The van der Waals surface area contributed by atoms with Crippen LogP contribution in [0.4, 0.5) is 5.69 Å². The third-order valence-electron chi connectivity index (χ3n) is 3.24. The molecule has 0 spiro atoms. The number of hydrogen-bond acceptors (Lipinski definition) is 5. The number of carbonyl (C=O) groups excluding carboxylic acids is 1. The summed E-state index contributed by atoms with van der Waals surface area (Å²) in [6.07, 6.45) is 1.55. The van der Waals surface area contributed by atoms with E-state index >= 15 is 0 Å². The number of hydrazone groups is 1. The van der Waals surface area contributed by atoms with Gasteiger partial charge in [-0.3, -0.25) is 4.79 Å². The SMILES string of the molecule is CCOc1c(Br)cc(/C=N\NC(=O)CNc2ccc(I)cc2)cc1OC. The average Bonchev–Trinajstić information content (AvgIpc) is 2.63. The molecule has 2 N–H and O–H groups in total. The second kappa shape index (κ2) is 10.4. The lowest BCUT2D eigenvalue weighted by atomic mass is 10.2. The number of benzene rings is 2. The van der Waals surface area contributed by atoms with Crippen LogP contribution in [0.3, 0.4) is 0 Å². The van der Waals surface area contributed by atoms with Gasteiger partial charge in [0.2, 0.25) is 0 Å². The lowest BCUT2D eigenvalue weighted by molar-refractivity contribution is -0.119. The molecule has 2 aromatic rings. The number of amides is 1. The van der Waals surface area contributed by atoms with Gasteiger partial charge in [0, 0.05) is 9.26 Å². The molecule has 0 atom stereocenters. The Bertz CT molecular complexity index is 782. The molecular formula is C18H19BrIN3O3. The van der Waals surface area contributed by atoms with Crippen molar-refractivity contribution in [2.24, 2.45) is 5.10 Å². The number of nitrogens with zero attached hydrogens (tertiary/aromatic N) is 1. The highest BCUT2D eigenvalue weighted by molar-refractivity contribution is 14.1. The van der Waals surface area contributed by atoms with Crippen molar-refractivity contribution < 1.29 is 14.3 Å². The fourth-order valence-electron chi connectivity index (χ4n) is 2.07. The summed E-state index contributed by atoms with van der Waals surface area (Å²) in [5.41, 5.74) is 4.13. The van der Waals surface area contributed by atoms with E-state index in [4.69, 9.17) is 9.47 Å². The van der Waals surface area contributed by atoms with Crippen molar-refractivity contribution in [1.29, 1.82) is 0 Å². The van der Waals surface area contributed by atoms with Gasteiger partial charge in [0.05, 0.1) is 30.9 Å². The van der Waals surface area contributed by atoms with E-state index in [0.717, 1.165) is 19.3 Å². The zero-order valence-corrected chi connectivity index (χ0v) is 18.1. The molecule has 0 aromatic heterocycles. The van der Waals surface area contributed by atoms with Crippen LogP contribution in [0.5, 0.6) is 11.5 Å². The zero-order valence-electron chi connectivity index (χ0n) is 14.4. The standard InChI is InChI=1S/C18H19BrIN3O3/c1-3-26-18-15(19)8-12(9-16(18)25-2)10-22-23-17(24)11-21-14-6-4-13(20)5-7-14/h4-10,21H,3,11H2,1-2H3,(H,23,24)/b22-10-. The van der Waals surface area contributed by atoms with Crippen LogP contribution in [0.1, 0.15) is 12.5 Å². The maximum Gasteiger partial charge on any atom is 0.259 e. The van der Waals surface area contributed by atoms with Crippen LogP contribution in [0.2, 0.25) is 0 Å². The normalized spacial score (nSPS) is 10.6. The smallest absolute Gasteiger partial charge is 0.259 e. The Hall–Kier alpha value is -1.81. The van der Waals surface area contributed by atoms with Gasteiger partial charge in [-0.25, -0.2) is 5.43 Å². The number of nitrogens with one attached hydrogen (secondary N) is 2. The van der Waals surface area contributed by atoms with Crippen LogP contribution >= 0.6 is 38.5 Å². The van der Waals surface area contributed by atoms with E-state index in [9.17, 15) is 4.79 Å². The zero-order chi connectivity index (χ0) is 18.9. The number of methoxy groups -OCH3 is 1. The first-order valence-electron chi connectivity index (χ1n) is 7.85. The Balaban J connectivity index is 1.91. The van der Waals surface area contributed by atoms with Gasteiger partial charge in [0.15, 0.2) is 11.5 Å². The molecule has 2 aromatic carbocycles. The van der Waals surface area contributed by atoms with Gasteiger partial charge >= 0.3 is 0 Å². The highest BCUT2D eigenvalue weighted by Gasteiger charge is 2.10. The summed E-state index contributed by atoms with van der Waals surface area (Å²) in [6.45, 7) is 2.57. The lowest BCUT2D eigenvalue weighted by Gasteiger charge is -2.12. The minimum atomic E-state index is -0.239. The van der Waals surface area contributed by atoms with Gasteiger partial charge in [-0.15, -0.1) is 0 Å². The quantitative estimate of drug-likeness (QED) is 0.306. The van der Waals surface area contributed by atoms with E-state index in [1.54, 1.807) is 19.4 Å². The third kappa shape index (κ3) is 6.17. The van der Waals surface area contributed by atoms with Crippen LogP contribution < -0.4 is 20.2 Å². The molecule has 8 heteroatoms.